The van der Waals surface area contributed by atoms with Crippen LogP contribution in [-0.2, 0) is 4.79 Å². The normalized spacial score (nSPS) is 20.6. The Bertz CT molecular complexity index is 1000. The van der Waals surface area contributed by atoms with Gasteiger partial charge in [-0.2, -0.15) is 0 Å². The monoisotopic (exact) mass is 423 g/mol. The van der Waals surface area contributed by atoms with E-state index in [1.165, 1.54) is 11.3 Å². The lowest BCUT2D eigenvalue weighted by Gasteiger charge is -2.37. The number of aromatic nitrogens is 1. The van der Waals surface area contributed by atoms with Gasteiger partial charge < -0.3 is 14.2 Å². The van der Waals surface area contributed by atoms with Gasteiger partial charge in [-0.05, 0) is 49.3 Å². The lowest BCUT2D eigenvalue weighted by molar-refractivity contribution is -0.138. The third-order valence-electron chi connectivity index (χ3n) is 6.26. The average Bonchev–Trinajstić information content (AvgIpc) is 3.48. The molecule has 2 aliphatic heterocycles. The second-order valence-corrected chi connectivity index (χ2v) is 9.13. The van der Waals surface area contributed by atoms with Crippen molar-refractivity contribution in [1.29, 1.82) is 0 Å². The molecule has 0 spiro atoms. The van der Waals surface area contributed by atoms with Crippen molar-refractivity contribution >= 4 is 34.3 Å². The summed E-state index contributed by atoms with van der Waals surface area (Å²) < 4.78 is 5.94. The number of fused-ring (bicyclic) bond motifs is 1. The van der Waals surface area contributed by atoms with Crippen molar-refractivity contribution in [1.82, 2.24) is 14.8 Å². The van der Waals surface area contributed by atoms with Crippen molar-refractivity contribution in [2.45, 2.75) is 31.6 Å². The Hall–Kier alpha value is -2.67. The number of rotatable bonds is 3. The first-order valence-electron chi connectivity index (χ1n) is 10.7. The minimum Gasteiger partial charge on any atom is -0.440 e. The highest BCUT2D eigenvalue weighted by Gasteiger charge is 2.34. The molecular formula is C23H25N3O3S. The fraction of sp³-hybridized carbons (Fsp3) is 0.435. The molecule has 0 N–H and O–H groups in total. The fourth-order valence-corrected chi connectivity index (χ4v) is 5.28. The number of piperidine rings is 2. The number of hydrogen-bond donors (Lipinski definition) is 0. The second kappa shape index (κ2) is 8.22. The molecule has 2 fully saturated rings. The molecule has 3 aromatic rings. The smallest absolute Gasteiger partial charge is 0.263 e. The summed E-state index contributed by atoms with van der Waals surface area (Å²) in [7, 11) is 0. The van der Waals surface area contributed by atoms with E-state index in [0.29, 0.717) is 6.54 Å². The first-order chi connectivity index (χ1) is 14.7. The molecule has 2 saturated heterocycles. The third-order valence-corrected chi connectivity index (χ3v) is 7.11. The zero-order chi connectivity index (χ0) is 20.5. The zero-order valence-electron chi connectivity index (χ0n) is 16.8. The number of para-hydroxylation sites is 2. The van der Waals surface area contributed by atoms with Crippen LogP contribution in [0.15, 0.2) is 46.2 Å². The number of hydrogen-bond acceptors (Lipinski definition) is 5. The Labute approximate surface area is 179 Å². The van der Waals surface area contributed by atoms with Crippen molar-refractivity contribution in [2.24, 2.45) is 5.92 Å². The lowest BCUT2D eigenvalue weighted by atomic mass is 9.92. The van der Waals surface area contributed by atoms with Crippen LogP contribution in [0.4, 0.5) is 0 Å². The predicted octanol–water partition coefficient (Wildman–Crippen LogP) is 4.15. The van der Waals surface area contributed by atoms with Gasteiger partial charge in [0.1, 0.15) is 5.52 Å². The largest absolute Gasteiger partial charge is 0.440 e. The molecular weight excluding hydrogens is 398 g/mol. The summed E-state index contributed by atoms with van der Waals surface area (Å²) in [5.41, 5.74) is 1.72. The minimum absolute atomic E-state index is 0.0529. The molecule has 2 amide bonds. The van der Waals surface area contributed by atoms with E-state index in [4.69, 9.17) is 4.42 Å². The predicted molar refractivity (Wildman–Crippen MR) is 116 cm³/mol. The summed E-state index contributed by atoms with van der Waals surface area (Å²) in [6, 6.07) is 11.6. The topological polar surface area (TPSA) is 66.7 Å². The second-order valence-electron chi connectivity index (χ2n) is 8.19. The van der Waals surface area contributed by atoms with E-state index in [-0.39, 0.29) is 23.7 Å². The number of benzene rings is 1. The first kappa shape index (κ1) is 19.3. The first-order valence-corrected chi connectivity index (χ1v) is 11.5. The van der Waals surface area contributed by atoms with Crippen LogP contribution in [0.3, 0.4) is 0 Å². The maximum atomic E-state index is 13.1. The summed E-state index contributed by atoms with van der Waals surface area (Å²) in [5, 5.41) is 1.92. The van der Waals surface area contributed by atoms with Crippen LogP contribution in [0.1, 0.15) is 47.2 Å². The zero-order valence-corrected chi connectivity index (χ0v) is 17.6. The Morgan fingerprint density at radius 3 is 2.60 bits per heavy atom. The van der Waals surface area contributed by atoms with Gasteiger partial charge in [0.2, 0.25) is 5.91 Å². The van der Waals surface area contributed by atoms with Gasteiger partial charge in [0.05, 0.1) is 10.8 Å². The third kappa shape index (κ3) is 3.74. The van der Waals surface area contributed by atoms with E-state index in [1.54, 1.807) is 0 Å². The SMILES string of the molecule is O=C(c1cccs1)N1CCCC(C(=O)N2CCC(c3nc4ccccc4o3)CC2)C1. The number of carbonyl (C=O) groups is 2. The van der Waals surface area contributed by atoms with Crippen LogP contribution < -0.4 is 0 Å². The van der Waals surface area contributed by atoms with Gasteiger partial charge in [-0.15, -0.1) is 11.3 Å². The van der Waals surface area contributed by atoms with E-state index in [9.17, 15) is 9.59 Å². The van der Waals surface area contributed by atoms with Gasteiger partial charge in [0.15, 0.2) is 11.5 Å². The van der Waals surface area contributed by atoms with Gasteiger partial charge in [0, 0.05) is 32.1 Å². The van der Waals surface area contributed by atoms with Crippen LogP contribution in [0, 0.1) is 5.92 Å². The molecule has 2 aromatic heterocycles. The van der Waals surface area contributed by atoms with Crippen molar-refractivity contribution in [3.05, 3.63) is 52.5 Å². The number of oxazole rings is 1. The standard InChI is InChI=1S/C23H25N3O3S/c27-22(17-5-3-11-26(15-17)23(28)20-8-4-14-30-20)25-12-9-16(10-13-25)21-24-18-6-1-2-7-19(18)29-21/h1-2,4,6-8,14,16-17H,3,5,9-13,15H2. The average molecular weight is 424 g/mol. The van der Waals surface area contributed by atoms with E-state index >= 15 is 0 Å². The highest BCUT2D eigenvalue weighted by atomic mass is 32.1. The molecule has 1 unspecified atom stereocenters. The Balaban J connectivity index is 1.19. The summed E-state index contributed by atoms with van der Waals surface area (Å²) >= 11 is 1.46. The quantitative estimate of drug-likeness (QED) is 0.635. The molecule has 1 atom stereocenters. The highest BCUT2D eigenvalue weighted by molar-refractivity contribution is 7.12. The van der Waals surface area contributed by atoms with Crippen molar-refractivity contribution < 1.29 is 14.0 Å². The molecule has 2 aliphatic rings. The number of nitrogens with zero attached hydrogens (tertiary/aromatic N) is 3. The molecule has 156 valence electrons. The van der Waals surface area contributed by atoms with Crippen LogP contribution >= 0.6 is 11.3 Å². The van der Waals surface area contributed by atoms with Gasteiger partial charge in [-0.3, -0.25) is 9.59 Å². The van der Waals surface area contributed by atoms with Crippen LogP contribution in [0.25, 0.3) is 11.1 Å². The van der Waals surface area contributed by atoms with Crippen molar-refractivity contribution in [3.8, 4) is 0 Å². The van der Waals surface area contributed by atoms with Crippen LogP contribution in [-0.4, -0.2) is 52.8 Å². The Morgan fingerprint density at radius 2 is 1.83 bits per heavy atom. The van der Waals surface area contributed by atoms with Crippen molar-refractivity contribution in [3.63, 3.8) is 0 Å². The van der Waals surface area contributed by atoms with Gasteiger partial charge in [-0.25, -0.2) is 4.98 Å². The Morgan fingerprint density at radius 1 is 1.00 bits per heavy atom. The van der Waals surface area contributed by atoms with Gasteiger partial charge >= 0.3 is 0 Å². The Kier molecular flexibility index (Phi) is 5.29. The van der Waals surface area contributed by atoms with E-state index in [2.05, 4.69) is 4.98 Å². The van der Waals surface area contributed by atoms with Crippen molar-refractivity contribution in [2.75, 3.05) is 26.2 Å². The summed E-state index contributed by atoms with van der Waals surface area (Å²) in [4.78, 5) is 35.0. The summed E-state index contributed by atoms with van der Waals surface area (Å²) in [6.07, 6.45) is 3.47. The summed E-state index contributed by atoms with van der Waals surface area (Å²) in [5.74, 6) is 1.19. The molecule has 0 radical (unpaired) electrons. The molecule has 30 heavy (non-hydrogen) atoms. The molecule has 1 aromatic carbocycles. The minimum atomic E-state index is -0.0939. The van der Waals surface area contributed by atoms with Crippen LogP contribution in [0.5, 0.6) is 0 Å². The van der Waals surface area contributed by atoms with E-state index < -0.39 is 0 Å². The number of amides is 2. The summed E-state index contributed by atoms with van der Waals surface area (Å²) in [6.45, 7) is 2.70. The molecule has 4 heterocycles. The molecule has 0 aliphatic carbocycles. The highest BCUT2D eigenvalue weighted by Crippen LogP contribution is 2.31. The van der Waals surface area contributed by atoms with Gasteiger partial charge in [0.25, 0.3) is 5.91 Å². The lowest BCUT2D eigenvalue weighted by Crippen LogP contribution is -2.48. The fourth-order valence-electron chi connectivity index (χ4n) is 4.59. The molecule has 0 saturated carbocycles. The maximum Gasteiger partial charge on any atom is 0.263 e. The van der Waals surface area contributed by atoms with Gasteiger partial charge in [-0.1, -0.05) is 18.2 Å². The van der Waals surface area contributed by atoms with Crippen LogP contribution in [0.2, 0.25) is 0 Å². The van der Waals surface area contributed by atoms with E-state index in [1.807, 2.05) is 51.6 Å². The molecule has 5 rings (SSSR count). The molecule has 0 bridgehead atoms. The number of thiophene rings is 1. The van der Waals surface area contributed by atoms with E-state index in [0.717, 1.165) is 67.2 Å². The molecule has 7 heteroatoms. The number of carbonyl (C=O) groups excluding carboxylic acids is 2. The number of likely N-dealkylation sites (tertiary alicyclic amines) is 2. The maximum absolute atomic E-state index is 13.1. The molecule has 6 nitrogen and oxygen atoms in total.